The van der Waals surface area contributed by atoms with Crippen LogP contribution < -0.4 is 10.1 Å². The second kappa shape index (κ2) is 7.66. The smallest absolute Gasteiger partial charge is 0.270 e. The molecule has 0 spiro atoms. The van der Waals surface area contributed by atoms with Gasteiger partial charge in [0, 0.05) is 22.6 Å². The molecule has 1 amide bonds. The summed E-state index contributed by atoms with van der Waals surface area (Å²) in [6.45, 7) is 4.28. The molecule has 0 atom stereocenters. The Morgan fingerprint density at radius 2 is 1.75 bits per heavy atom. The molecule has 7 heteroatoms. The monoisotopic (exact) mass is 411 g/mol. The summed E-state index contributed by atoms with van der Waals surface area (Å²) in [5, 5.41) is 3.64. The number of nitrogens with zero attached hydrogens (tertiary/aromatic N) is 2. The number of hydrogen-bond acceptors (Lipinski definition) is 4. The molecular formula is C21H18ClN3O2S. The minimum absolute atomic E-state index is 0.135. The van der Waals surface area contributed by atoms with Crippen molar-refractivity contribution < 1.29 is 9.53 Å². The molecule has 0 radical (unpaired) electrons. The van der Waals surface area contributed by atoms with Gasteiger partial charge in [-0.1, -0.05) is 23.7 Å². The number of aryl methyl sites for hydroxylation is 2. The highest BCUT2D eigenvalue weighted by Crippen LogP contribution is 2.24. The maximum atomic E-state index is 12.7. The predicted octanol–water partition coefficient (Wildman–Crippen LogP) is 5.39. The van der Waals surface area contributed by atoms with E-state index >= 15 is 0 Å². The lowest BCUT2D eigenvalue weighted by atomic mass is 10.2. The number of carbonyl (C=O) groups is 1. The Bertz CT molecular complexity index is 1130. The van der Waals surface area contributed by atoms with E-state index < -0.39 is 0 Å². The van der Waals surface area contributed by atoms with Gasteiger partial charge in [0.2, 0.25) is 0 Å². The number of ether oxygens (including phenoxy) is 1. The molecule has 0 saturated carbocycles. The van der Waals surface area contributed by atoms with Crippen LogP contribution >= 0.6 is 22.9 Å². The van der Waals surface area contributed by atoms with Crippen LogP contribution in [0.15, 0.2) is 54.7 Å². The Morgan fingerprint density at radius 1 is 1.11 bits per heavy atom. The van der Waals surface area contributed by atoms with E-state index in [1.165, 1.54) is 0 Å². The van der Waals surface area contributed by atoms with Crippen molar-refractivity contribution >= 4 is 33.8 Å². The van der Waals surface area contributed by atoms with Gasteiger partial charge >= 0.3 is 0 Å². The Labute approximate surface area is 171 Å². The van der Waals surface area contributed by atoms with Crippen molar-refractivity contribution in [3.05, 3.63) is 81.6 Å². The van der Waals surface area contributed by atoms with Gasteiger partial charge < -0.3 is 10.1 Å². The van der Waals surface area contributed by atoms with Gasteiger partial charge in [0.15, 0.2) is 4.96 Å². The van der Waals surface area contributed by atoms with Gasteiger partial charge in [0.25, 0.3) is 5.91 Å². The second-order valence-corrected chi connectivity index (χ2v) is 8.07. The normalized spacial score (nSPS) is 11.0. The number of nitrogens with one attached hydrogen (secondary N) is 1. The van der Waals surface area contributed by atoms with Gasteiger partial charge in [0.05, 0.1) is 5.69 Å². The summed E-state index contributed by atoms with van der Waals surface area (Å²) >= 11 is 7.45. The molecule has 0 unspecified atom stereocenters. The number of halogens is 1. The zero-order valence-electron chi connectivity index (χ0n) is 15.4. The van der Waals surface area contributed by atoms with Crippen molar-refractivity contribution in [3.8, 4) is 11.5 Å². The van der Waals surface area contributed by atoms with Crippen LogP contribution in [0.5, 0.6) is 11.5 Å². The predicted molar refractivity (Wildman–Crippen MR) is 112 cm³/mol. The number of hydrogen-bond donors (Lipinski definition) is 1. The lowest BCUT2D eigenvalue weighted by molar-refractivity contribution is 0.0944. The average molecular weight is 412 g/mol. The summed E-state index contributed by atoms with van der Waals surface area (Å²) in [5.41, 5.74) is 2.30. The van der Waals surface area contributed by atoms with Crippen LogP contribution in [0.4, 0.5) is 0 Å². The maximum absolute atomic E-state index is 12.7. The molecule has 0 aliphatic heterocycles. The fourth-order valence-electron chi connectivity index (χ4n) is 2.92. The van der Waals surface area contributed by atoms with E-state index in [-0.39, 0.29) is 5.91 Å². The highest BCUT2D eigenvalue weighted by molar-refractivity contribution is 7.17. The zero-order valence-corrected chi connectivity index (χ0v) is 17.0. The van der Waals surface area contributed by atoms with E-state index in [0.717, 1.165) is 32.6 Å². The Morgan fingerprint density at radius 3 is 2.43 bits per heavy atom. The van der Waals surface area contributed by atoms with Crippen LogP contribution in [0.1, 0.15) is 26.6 Å². The standard InChI is InChI=1S/C21H18ClN3O2S/c1-13-12-25-19(14(2)24-21(25)28-13)20(26)23-11-15-3-7-17(8-4-15)27-18-9-5-16(22)6-10-18/h3-10,12H,11H2,1-2H3,(H,23,26). The summed E-state index contributed by atoms with van der Waals surface area (Å²) in [4.78, 5) is 19.1. The first-order valence-electron chi connectivity index (χ1n) is 8.75. The minimum atomic E-state index is -0.135. The highest BCUT2D eigenvalue weighted by atomic mass is 35.5. The fourth-order valence-corrected chi connectivity index (χ4v) is 3.91. The lowest BCUT2D eigenvalue weighted by Gasteiger charge is -2.08. The van der Waals surface area contributed by atoms with E-state index in [0.29, 0.717) is 17.3 Å². The van der Waals surface area contributed by atoms with Gasteiger partial charge in [-0.25, -0.2) is 4.98 Å². The summed E-state index contributed by atoms with van der Waals surface area (Å²) in [7, 11) is 0. The highest BCUT2D eigenvalue weighted by Gasteiger charge is 2.17. The van der Waals surface area contributed by atoms with Crippen LogP contribution in [0, 0.1) is 13.8 Å². The molecule has 0 bridgehead atoms. The number of rotatable bonds is 5. The molecular weight excluding hydrogens is 394 g/mol. The SMILES string of the molecule is Cc1cn2c(C(=O)NCc3ccc(Oc4ccc(Cl)cc4)cc3)c(C)nc2s1. The summed E-state index contributed by atoms with van der Waals surface area (Å²) < 4.78 is 7.64. The van der Waals surface area contributed by atoms with Crippen LogP contribution in [0.2, 0.25) is 5.02 Å². The Kier molecular flexibility index (Phi) is 5.07. The van der Waals surface area contributed by atoms with Gasteiger partial charge in [-0.2, -0.15) is 0 Å². The topological polar surface area (TPSA) is 55.6 Å². The van der Waals surface area contributed by atoms with Crippen molar-refractivity contribution in [1.29, 1.82) is 0 Å². The van der Waals surface area contributed by atoms with Crippen LogP contribution in [0.25, 0.3) is 4.96 Å². The summed E-state index contributed by atoms with van der Waals surface area (Å²) in [6, 6.07) is 14.8. The number of fused-ring (bicyclic) bond motifs is 1. The third kappa shape index (κ3) is 3.88. The van der Waals surface area contributed by atoms with E-state index in [9.17, 15) is 4.79 Å². The Hall–Kier alpha value is -2.83. The van der Waals surface area contributed by atoms with Crippen molar-refractivity contribution in [2.75, 3.05) is 0 Å². The fraction of sp³-hybridized carbons (Fsp3) is 0.143. The first-order valence-corrected chi connectivity index (χ1v) is 9.95. The Balaban J connectivity index is 1.41. The third-order valence-corrected chi connectivity index (χ3v) is 5.41. The van der Waals surface area contributed by atoms with Gasteiger partial charge in [-0.15, -0.1) is 11.3 Å². The zero-order chi connectivity index (χ0) is 19.7. The van der Waals surface area contributed by atoms with Crippen molar-refractivity contribution in [2.45, 2.75) is 20.4 Å². The number of imidazole rings is 1. The maximum Gasteiger partial charge on any atom is 0.270 e. The molecule has 0 saturated heterocycles. The first-order chi connectivity index (χ1) is 13.5. The van der Waals surface area contributed by atoms with Crippen LogP contribution in [-0.4, -0.2) is 15.3 Å². The average Bonchev–Trinajstić information content (AvgIpc) is 3.17. The molecule has 4 rings (SSSR count). The van der Waals surface area contributed by atoms with Crippen LogP contribution in [-0.2, 0) is 6.54 Å². The van der Waals surface area contributed by atoms with Gasteiger partial charge in [0.1, 0.15) is 17.2 Å². The van der Waals surface area contributed by atoms with E-state index in [1.54, 1.807) is 23.5 Å². The number of benzene rings is 2. The number of aromatic nitrogens is 2. The molecule has 0 aliphatic carbocycles. The van der Waals surface area contributed by atoms with E-state index in [2.05, 4.69) is 10.3 Å². The van der Waals surface area contributed by atoms with E-state index in [1.807, 2.05) is 60.8 Å². The number of carbonyl (C=O) groups excluding carboxylic acids is 1. The van der Waals surface area contributed by atoms with Gasteiger partial charge in [-0.3, -0.25) is 9.20 Å². The quantitative estimate of drug-likeness (QED) is 0.479. The molecule has 28 heavy (non-hydrogen) atoms. The van der Waals surface area contributed by atoms with Crippen LogP contribution in [0.3, 0.4) is 0 Å². The second-order valence-electron chi connectivity index (χ2n) is 6.42. The molecule has 2 aromatic heterocycles. The number of thiazole rings is 1. The molecule has 4 aromatic rings. The molecule has 142 valence electrons. The molecule has 2 aromatic carbocycles. The summed E-state index contributed by atoms with van der Waals surface area (Å²) in [5.74, 6) is 1.31. The minimum Gasteiger partial charge on any atom is -0.457 e. The molecule has 5 nitrogen and oxygen atoms in total. The van der Waals surface area contributed by atoms with Gasteiger partial charge in [-0.05, 0) is 55.8 Å². The molecule has 0 aliphatic rings. The van der Waals surface area contributed by atoms with E-state index in [4.69, 9.17) is 16.3 Å². The lowest BCUT2D eigenvalue weighted by Crippen LogP contribution is -2.24. The molecule has 2 heterocycles. The first kappa shape index (κ1) is 18.5. The van der Waals surface area contributed by atoms with Crippen molar-refractivity contribution in [2.24, 2.45) is 0 Å². The third-order valence-electron chi connectivity index (χ3n) is 4.26. The summed E-state index contributed by atoms with van der Waals surface area (Å²) in [6.07, 6.45) is 1.94. The largest absolute Gasteiger partial charge is 0.457 e. The van der Waals surface area contributed by atoms with Crippen molar-refractivity contribution in [3.63, 3.8) is 0 Å². The van der Waals surface area contributed by atoms with Crippen molar-refractivity contribution in [1.82, 2.24) is 14.7 Å². The molecule has 1 N–H and O–H groups in total. The molecule has 0 fully saturated rings. The number of amides is 1.